The summed E-state index contributed by atoms with van der Waals surface area (Å²) >= 11 is 9.75. The maximum atomic E-state index is 11.4. The van der Waals surface area contributed by atoms with Crippen molar-refractivity contribution in [2.24, 2.45) is 0 Å². The lowest BCUT2D eigenvalue weighted by Gasteiger charge is -2.36. The molecule has 0 atom stereocenters. The molecular weight excluding hydrogens is 384 g/mol. The molecule has 1 heterocycles. The Balaban J connectivity index is 2.34. The highest BCUT2D eigenvalue weighted by molar-refractivity contribution is 9.10. The third-order valence-corrected chi connectivity index (χ3v) is 5.95. The maximum absolute atomic E-state index is 11.4. The van der Waals surface area contributed by atoms with Crippen molar-refractivity contribution in [3.05, 3.63) is 43.0 Å². The number of benzene rings is 1. The summed E-state index contributed by atoms with van der Waals surface area (Å²) in [6, 6.07) is 1.74. The fraction of sp³-hybridized carbons (Fsp3) is 0.438. The molecule has 3 rings (SSSR count). The van der Waals surface area contributed by atoms with Crippen LogP contribution in [0.25, 0.3) is 0 Å². The minimum atomic E-state index is -0.454. The second-order valence-corrected chi connectivity index (χ2v) is 7.29. The first kappa shape index (κ1) is 16.5. The van der Waals surface area contributed by atoms with Gasteiger partial charge in [0.25, 0.3) is 0 Å². The number of allylic oxidation sites excluding steroid dienone is 2. The highest BCUT2D eigenvalue weighted by Crippen LogP contribution is 2.59. The largest absolute Gasteiger partial charge is 0.347 e. The molecule has 0 unspecified atom stereocenters. The molecule has 0 saturated heterocycles. The van der Waals surface area contributed by atoms with E-state index in [1.54, 1.807) is 12.1 Å². The van der Waals surface area contributed by atoms with E-state index in [4.69, 9.17) is 11.6 Å². The van der Waals surface area contributed by atoms with Crippen LogP contribution < -0.4 is 4.90 Å². The minimum absolute atomic E-state index is 0.101. The van der Waals surface area contributed by atoms with Gasteiger partial charge in [0.15, 0.2) is 0 Å². The van der Waals surface area contributed by atoms with Crippen molar-refractivity contribution in [1.82, 2.24) is 0 Å². The Kier molecular flexibility index (Phi) is 4.23. The van der Waals surface area contributed by atoms with Gasteiger partial charge in [-0.1, -0.05) is 30.9 Å². The second kappa shape index (κ2) is 5.91. The summed E-state index contributed by atoms with van der Waals surface area (Å²) in [4.78, 5) is 24.1. The van der Waals surface area contributed by atoms with E-state index in [1.807, 2.05) is 11.9 Å². The summed E-state index contributed by atoms with van der Waals surface area (Å²) in [5, 5.41) is 11.6. The molecule has 1 aliphatic carbocycles. The van der Waals surface area contributed by atoms with Gasteiger partial charge in [0.05, 0.1) is 9.40 Å². The monoisotopic (exact) mass is 398 g/mol. The third kappa shape index (κ3) is 2.31. The Hall–Kier alpha value is -1.40. The Labute approximate surface area is 147 Å². The van der Waals surface area contributed by atoms with E-state index in [1.165, 1.54) is 0 Å². The number of anilines is 1. The molecule has 2 aliphatic rings. The van der Waals surface area contributed by atoms with E-state index < -0.39 is 10.3 Å². The normalized spacial score (nSPS) is 20.8. The number of nitro benzene ring substituents is 1. The summed E-state index contributed by atoms with van der Waals surface area (Å²) in [5.41, 5.74) is 2.02. The molecule has 0 radical (unpaired) electrons. The van der Waals surface area contributed by atoms with Crippen LogP contribution in [-0.4, -0.2) is 18.3 Å². The SMILES string of the molecule is CN1C(=CC=O)C2(CCCCC2)c2c1cc(Br)c([N+](=O)[O-])c2Cl. The van der Waals surface area contributed by atoms with Crippen molar-refractivity contribution in [2.45, 2.75) is 37.5 Å². The number of aldehydes is 1. The molecule has 1 fully saturated rings. The predicted molar refractivity (Wildman–Crippen MR) is 93.1 cm³/mol. The fourth-order valence-corrected chi connectivity index (χ4v) is 5.18. The molecule has 1 aliphatic heterocycles. The lowest BCUT2D eigenvalue weighted by Crippen LogP contribution is -2.32. The molecule has 0 aromatic heterocycles. The van der Waals surface area contributed by atoms with Crippen LogP contribution in [0, 0.1) is 10.1 Å². The number of halogens is 2. The molecule has 0 N–H and O–H groups in total. The molecule has 0 amide bonds. The molecule has 122 valence electrons. The smallest absolute Gasteiger partial charge is 0.302 e. The molecule has 23 heavy (non-hydrogen) atoms. The van der Waals surface area contributed by atoms with Gasteiger partial charge in [-0.25, -0.2) is 0 Å². The van der Waals surface area contributed by atoms with Gasteiger partial charge in [-0.15, -0.1) is 0 Å². The van der Waals surface area contributed by atoms with Crippen LogP contribution in [0.5, 0.6) is 0 Å². The van der Waals surface area contributed by atoms with Crippen molar-refractivity contribution >= 4 is 45.2 Å². The quantitative estimate of drug-likeness (QED) is 0.312. The Morgan fingerprint density at radius 3 is 2.61 bits per heavy atom. The van der Waals surface area contributed by atoms with Crippen molar-refractivity contribution in [3.8, 4) is 0 Å². The maximum Gasteiger partial charge on any atom is 0.302 e. The van der Waals surface area contributed by atoms with Crippen LogP contribution in [-0.2, 0) is 10.2 Å². The highest BCUT2D eigenvalue weighted by Gasteiger charge is 2.49. The van der Waals surface area contributed by atoms with Gasteiger partial charge < -0.3 is 4.90 Å². The van der Waals surface area contributed by atoms with E-state index in [2.05, 4.69) is 15.9 Å². The molecule has 1 spiro atoms. The number of carbonyl (C=O) groups excluding carboxylic acids is 1. The number of fused-ring (bicyclic) bond motifs is 2. The fourth-order valence-electron chi connectivity index (χ4n) is 4.06. The zero-order chi connectivity index (χ0) is 16.8. The number of hydrogen-bond acceptors (Lipinski definition) is 4. The summed E-state index contributed by atoms with van der Waals surface area (Å²) < 4.78 is 0.358. The van der Waals surface area contributed by atoms with E-state index in [9.17, 15) is 14.9 Å². The Morgan fingerprint density at radius 2 is 2.04 bits per heavy atom. The third-order valence-electron chi connectivity index (χ3n) is 4.98. The van der Waals surface area contributed by atoms with Crippen LogP contribution in [0.15, 0.2) is 22.3 Å². The highest BCUT2D eigenvalue weighted by atomic mass is 79.9. The zero-order valence-corrected chi connectivity index (χ0v) is 15.0. The van der Waals surface area contributed by atoms with Crippen LogP contribution in [0.2, 0.25) is 5.02 Å². The standard InChI is InChI=1S/C16H16BrClN2O3/c1-19-11-9-10(17)15(20(22)23)14(18)13(11)16(12(19)5-8-21)6-3-2-4-7-16/h5,8-9H,2-4,6-7H2,1H3. The van der Waals surface area contributed by atoms with Gasteiger partial charge in [-0.3, -0.25) is 14.9 Å². The van der Waals surface area contributed by atoms with Gasteiger partial charge in [0.1, 0.15) is 11.3 Å². The average molecular weight is 400 g/mol. The van der Waals surface area contributed by atoms with Gasteiger partial charge in [0.2, 0.25) is 0 Å². The number of nitro groups is 1. The molecule has 7 heteroatoms. The summed E-state index contributed by atoms with van der Waals surface area (Å²) in [7, 11) is 1.88. The molecule has 5 nitrogen and oxygen atoms in total. The van der Waals surface area contributed by atoms with Gasteiger partial charge >= 0.3 is 5.69 Å². The predicted octanol–water partition coefficient (Wildman–Crippen LogP) is 4.75. The number of rotatable bonds is 2. The topological polar surface area (TPSA) is 63.5 Å². The number of carbonyl (C=O) groups is 1. The van der Waals surface area contributed by atoms with Crippen LogP contribution in [0.4, 0.5) is 11.4 Å². The molecule has 1 aromatic rings. The van der Waals surface area contributed by atoms with Gasteiger partial charge in [-0.05, 0) is 40.9 Å². The zero-order valence-electron chi connectivity index (χ0n) is 12.6. The van der Waals surface area contributed by atoms with Crippen molar-refractivity contribution in [3.63, 3.8) is 0 Å². The minimum Gasteiger partial charge on any atom is -0.347 e. The summed E-state index contributed by atoms with van der Waals surface area (Å²) in [6.45, 7) is 0. The van der Waals surface area contributed by atoms with Crippen molar-refractivity contribution < 1.29 is 9.72 Å². The first-order valence-corrected chi connectivity index (χ1v) is 8.67. The van der Waals surface area contributed by atoms with Crippen molar-refractivity contribution in [2.75, 3.05) is 11.9 Å². The van der Waals surface area contributed by atoms with Gasteiger partial charge in [-0.2, -0.15) is 0 Å². The summed E-state index contributed by atoms with van der Waals surface area (Å²) in [6.07, 6.45) is 7.22. The first-order valence-electron chi connectivity index (χ1n) is 7.50. The van der Waals surface area contributed by atoms with E-state index in [0.717, 1.165) is 55.3 Å². The lowest BCUT2D eigenvalue weighted by atomic mass is 9.68. The van der Waals surface area contributed by atoms with E-state index >= 15 is 0 Å². The van der Waals surface area contributed by atoms with Gasteiger partial charge in [0, 0.05) is 29.4 Å². The van der Waals surface area contributed by atoms with Crippen LogP contribution in [0.3, 0.4) is 0 Å². The van der Waals surface area contributed by atoms with E-state index in [0.29, 0.717) is 4.47 Å². The first-order chi connectivity index (χ1) is 10.9. The van der Waals surface area contributed by atoms with Crippen LogP contribution >= 0.6 is 27.5 Å². The Morgan fingerprint density at radius 1 is 1.39 bits per heavy atom. The second-order valence-electron chi connectivity index (χ2n) is 6.06. The Bertz CT molecular complexity index is 727. The number of nitrogens with zero attached hydrogens (tertiary/aromatic N) is 2. The lowest BCUT2D eigenvalue weighted by molar-refractivity contribution is -0.385. The average Bonchev–Trinajstić information content (AvgIpc) is 2.71. The van der Waals surface area contributed by atoms with E-state index in [-0.39, 0.29) is 10.7 Å². The molecule has 1 aromatic carbocycles. The summed E-state index contributed by atoms with van der Waals surface area (Å²) in [5.74, 6) is 0. The molecule has 0 bridgehead atoms. The number of likely N-dealkylation sites (N-methyl/N-ethyl adjacent to an activating group) is 1. The molecular formula is C16H16BrClN2O3. The van der Waals surface area contributed by atoms with Crippen molar-refractivity contribution in [1.29, 1.82) is 0 Å². The number of hydrogen-bond donors (Lipinski definition) is 0. The molecule has 1 saturated carbocycles. The van der Waals surface area contributed by atoms with Crippen LogP contribution in [0.1, 0.15) is 37.7 Å².